The molecular weight excluding hydrogens is 224 g/mol. The quantitative estimate of drug-likeness (QED) is 0.730. The summed E-state index contributed by atoms with van der Waals surface area (Å²) >= 11 is 0. The van der Waals surface area contributed by atoms with Gasteiger partial charge in [-0.3, -0.25) is 0 Å². The Hall–Kier alpha value is -1.06. The molecule has 0 radical (unpaired) electrons. The molecule has 0 amide bonds. The molecule has 0 heterocycles. The minimum Gasteiger partial charge on any atom is -0.496 e. The molecule has 0 aliphatic rings. The van der Waals surface area contributed by atoms with E-state index in [9.17, 15) is 0 Å². The zero-order chi connectivity index (χ0) is 13.5. The van der Waals surface area contributed by atoms with Crippen LogP contribution in [-0.4, -0.2) is 27.7 Å². The summed E-state index contributed by atoms with van der Waals surface area (Å²) in [7, 11) is 5.75. The second-order valence-corrected chi connectivity index (χ2v) is 4.77. The number of methoxy groups -OCH3 is 1. The van der Waals surface area contributed by atoms with Crippen molar-refractivity contribution in [2.24, 2.45) is 0 Å². The summed E-state index contributed by atoms with van der Waals surface area (Å²) in [6.45, 7) is 5.31. The van der Waals surface area contributed by atoms with E-state index in [-0.39, 0.29) is 0 Å². The Morgan fingerprint density at radius 3 is 2.44 bits per heavy atom. The fraction of sp³-hybridized carbons (Fsp3) is 0.600. The van der Waals surface area contributed by atoms with Crippen LogP contribution in [0.1, 0.15) is 35.6 Å². The largest absolute Gasteiger partial charge is 0.496 e. The van der Waals surface area contributed by atoms with Gasteiger partial charge in [-0.25, -0.2) is 0 Å². The van der Waals surface area contributed by atoms with Crippen molar-refractivity contribution in [3.8, 4) is 5.75 Å². The summed E-state index contributed by atoms with van der Waals surface area (Å²) < 4.78 is 5.36. The van der Waals surface area contributed by atoms with Crippen LogP contribution in [0.15, 0.2) is 12.1 Å². The van der Waals surface area contributed by atoms with Gasteiger partial charge in [-0.05, 0) is 70.1 Å². The topological polar surface area (TPSA) is 33.3 Å². The molecule has 18 heavy (non-hydrogen) atoms. The molecule has 0 saturated carbocycles. The standard InChI is InChI=1S/C15H26N2O/c1-11-10-15(18-5)12(2)9-13(11)14(17-4)7-6-8-16-3/h9-10,14,16-17H,6-8H2,1-5H3. The van der Waals surface area contributed by atoms with Gasteiger partial charge in [-0.15, -0.1) is 0 Å². The summed E-state index contributed by atoms with van der Waals surface area (Å²) in [6, 6.07) is 4.80. The Morgan fingerprint density at radius 1 is 1.17 bits per heavy atom. The van der Waals surface area contributed by atoms with Crippen LogP contribution in [0.3, 0.4) is 0 Å². The summed E-state index contributed by atoms with van der Waals surface area (Å²) in [4.78, 5) is 0. The van der Waals surface area contributed by atoms with Crippen LogP contribution in [0.25, 0.3) is 0 Å². The molecule has 1 aromatic rings. The molecule has 1 unspecified atom stereocenters. The second-order valence-electron chi connectivity index (χ2n) is 4.77. The fourth-order valence-corrected chi connectivity index (χ4v) is 2.35. The van der Waals surface area contributed by atoms with Crippen LogP contribution in [0, 0.1) is 13.8 Å². The second kappa shape index (κ2) is 7.39. The zero-order valence-corrected chi connectivity index (χ0v) is 12.3. The SMILES string of the molecule is CNCCCC(NC)c1cc(C)c(OC)cc1C. The van der Waals surface area contributed by atoms with Crippen molar-refractivity contribution in [1.82, 2.24) is 10.6 Å². The highest BCUT2D eigenvalue weighted by molar-refractivity contribution is 5.42. The van der Waals surface area contributed by atoms with E-state index < -0.39 is 0 Å². The first-order chi connectivity index (χ1) is 8.63. The Labute approximate surface area is 111 Å². The molecular formula is C15H26N2O. The van der Waals surface area contributed by atoms with Crippen molar-refractivity contribution < 1.29 is 4.74 Å². The van der Waals surface area contributed by atoms with Gasteiger partial charge >= 0.3 is 0 Å². The molecule has 1 atom stereocenters. The maximum atomic E-state index is 5.36. The molecule has 0 fully saturated rings. The zero-order valence-electron chi connectivity index (χ0n) is 12.3. The predicted molar refractivity (Wildman–Crippen MR) is 77.4 cm³/mol. The molecule has 2 N–H and O–H groups in total. The number of hydrogen-bond donors (Lipinski definition) is 2. The van der Waals surface area contributed by atoms with Crippen molar-refractivity contribution in [3.63, 3.8) is 0 Å². The van der Waals surface area contributed by atoms with Gasteiger partial charge in [0, 0.05) is 6.04 Å². The third-order valence-electron chi connectivity index (χ3n) is 3.43. The van der Waals surface area contributed by atoms with E-state index in [1.165, 1.54) is 23.1 Å². The van der Waals surface area contributed by atoms with E-state index in [4.69, 9.17) is 4.74 Å². The van der Waals surface area contributed by atoms with Gasteiger partial charge in [0.25, 0.3) is 0 Å². The minimum atomic E-state index is 0.419. The van der Waals surface area contributed by atoms with Gasteiger partial charge in [0.05, 0.1) is 7.11 Å². The molecule has 1 aromatic carbocycles. The van der Waals surface area contributed by atoms with Crippen molar-refractivity contribution in [2.45, 2.75) is 32.7 Å². The smallest absolute Gasteiger partial charge is 0.122 e. The van der Waals surface area contributed by atoms with E-state index in [0.717, 1.165) is 18.7 Å². The molecule has 102 valence electrons. The monoisotopic (exact) mass is 250 g/mol. The molecule has 0 spiro atoms. The number of rotatable bonds is 7. The molecule has 1 rings (SSSR count). The summed E-state index contributed by atoms with van der Waals surface area (Å²) in [6.07, 6.45) is 2.32. The average molecular weight is 250 g/mol. The maximum Gasteiger partial charge on any atom is 0.122 e. The number of aryl methyl sites for hydroxylation is 2. The van der Waals surface area contributed by atoms with Crippen LogP contribution in [0.2, 0.25) is 0 Å². The van der Waals surface area contributed by atoms with Crippen LogP contribution in [-0.2, 0) is 0 Å². The van der Waals surface area contributed by atoms with Gasteiger partial charge in [0.1, 0.15) is 5.75 Å². The average Bonchev–Trinajstić information content (AvgIpc) is 2.37. The highest BCUT2D eigenvalue weighted by atomic mass is 16.5. The van der Waals surface area contributed by atoms with E-state index in [0.29, 0.717) is 6.04 Å². The Morgan fingerprint density at radius 2 is 1.89 bits per heavy atom. The fourth-order valence-electron chi connectivity index (χ4n) is 2.35. The lowest BCUT2D eigenvalue weighted by molar-refractivity contribution is 0.410. The van der Waals surface area contributed by atoms with Gasteiger partial charge in [0.2, 0.25) is 0 Å². The molecule has 0 bridgehead atoms. The summed E-state index contributed by atoms with van der Waals surface area (Å²) in [5.41, 5.74) is 3.88. The summed E-state index contributed by atoms with van der Waals surface area (Å²) in [5.74, 6) is 0.973. The van der Waals surface area contributed by atoms with Gasteiger partial charge in [-0.1, -0.05) is 6.07 Å². The summed E-state index contributed by atoms with van der Waals surface area (Å²) in [5, 5.41) is 6.61. The Kier molecular flexibility index (Phi) is 6.16. The van der Waals surface area contributed by atoms with E-state index >= 15 is 0 Å². The normalized spacial score (nSPS) is 12.5. The predicted octanol–water partition coefficient (Wildman–Crippen LogP) is 2.57. The molecule has 0 aliphatic heterocycles. The van der Waals surface area contributed by atoms with E-state index in [2.05, 4.69) is 36.6 Å². The highest BCUT2D eigenvalue weighted by Gasteiger charge is 2.13. The third kappa shape index (κ3) is 3.72. The van der Waals surface area contributed by atoms with Crippen LogP contribution >= 0.6 is 0 Å². The third-order valence-corrected chi connectivity index (χ3v) is 3.43. The van der Waals surface area contributed by atoms with Gasteiger partial charge in [0.15, 0.2) is 0 Å². The van der Waals surface area contributed by atoms with Crippen molar-refractivity contribution >= 4 is 0 Å². The molecule has 3 heteroatoms. The molecule has 0 aromatic heterocycles. The van der Waals surface area contributed by atoms with E-state index in [1.54, 1.807) is 7.11 Å². The Bertz CT molecular complexity index is 377. The molecule has 3 nitrogen and oxygen atoms in total. The van der Waals surface area contributed by atoms with Crippen molar-refractivity contribution in [2.75, 3.05) is 27.7 Å². The van der Waals surface area contributed by atoms with Crippen molar-refractivity contribution in [3.05, 3.63) is 28.8 Å². The first kappa shape index (κ1) is 15.0. The Balaban J connectivity index is 2.88. The number of benzene rings is 1. The maximum absolute atomic E-state index is 5.36. The lowest BCUT2D eigenvalue weighted by Crippen LogP contribution is -2.19. The minimum absolute atomic E-state index is 0.419. The number of ether oxygens (including phenoxy) is 1. The lowest BCUT2D eigenvalue weighted by atomic mass is 9.95. The van der Waals surface area contributed by atoms with Crippen LogP contribution in [0.5, 0.6) is 5.75 Å². The first-order valence-corrected chi connectivity index (χ1v) is 6.61. The van der Waals surface area contributed by atoms with Crippen LogP contribution < -0.4 is 15.4 Å². The molecule has 0 aliphatic carbocycles. The first-order valence-electron chi connectivity index (χ1n) is 6.61. The highest BCUT2D eigenvalue weighted by Crippen LogP contribution is 2.28. The van der Waals surface area contributed by atoms with E-state index in [1.807, 2.05) is 14.1 Å². The number of nitrogens with one attached hydrogen (secondary N) is 2. The van der Waals surface area contributed by atoms with Gasteiger partial charge < -0.3 is 15.4 Å². The lowest BCUT2D eigenvalue weighted by Gasteiger charge is -2.20. The number of hydrogen-bond acceptors (Lipinski definition) is 3. The molecule has 0 saturated heterocycles. The van der Waals surface area contributed by atoms with Crippen LogP contribution in [0.4, 0.5) is 0 Å². The van der Waals surface area contributed by atoms with Crippen molar-refractivity contribution in [1.29, 1.82) is 0 Å². The van der Waals surface area contributed by atoms with Gasteiger partial charge in [-0.2, -0.15) is 0 Å².